The molecule has 1 fully saturated rings. The van der Waals surface area contributed by atoms with E-state index in [-0.39, 0.29) is 11.8 Å². The lowest BCUT2D eigenvalue weighted by atomic mass is 10.1. The smallest absolute Gasteiger partial charge is 0.324 e. The van der Waals surface area contributed by atoms with Gasteiger partial charge in [0.05, 0.1) is 12.3 Å². The van der Waals surface area contributed by atoms with E-state index in [1.807, 2.05) is 35.2 Å². The minimum Gasteiger partial charge on any atom is -0.508 e. The van der Waals surface area contributed by atoms with Crippen LogP contribution >= 0.6 is 0 Å². The van der Waals surface area contributed by atoms with Gasteiger partial charge in [-0.2, -0.15) is 0 Å². The molecule has 2 amide bonds. The highest BCUT2D eigenvalue weighted by Crippen LogP contribution is 2.25. The Kier molecular flexibility index (Phi) is 7.16. The van der Waals surface area contributed by atoms with Gasteiger partial charge in [0.2, 0.25) is 5.95 Å². The summed E-state index contributed by atoms with van der Waals surface area (Å²) >= 11 is 0. The van der Waals surface area contributed by atoms with Crippen molar-refractivity contribution in [3.63, 3.8) is 0 Å². The molecule has 0 spiro atoms. The maximum atomic E-state index is 13.2. The average Bonchev–Trinajstić information content (AvgIpc) is 3.12. The van der Waals surface area contributed by atoms with Gasteiger partial charge < -0.3 is 20.1 Å². The van der Waals surface area contributed by atoms with Gasteiger partial charge in [0.1, 0.15) is 5.75 Å². The molecule has 8 heteroatoms. The van der Waals surface area contributed by atoms with Gasteiger partial charge >= 0.3 is 6.03 Å². The number of phenols is 1. The topological polar surface area (TPSA) is 90.8 Å². The molecule has 3 aromatic rings. The van der Waals surface area contributed by atoms with E-state index in [2.05, 4.69) is 21.9 Å². The highest BCUT2D eigenvalue weighted by Gasteiger charge is 2.22. The highest BCUT2D eigenvalue weighted by atomic mass is 16.5. The molecule has 0 radical (unpaired) electrons. The number of hydrogen-bond acceptors (Lipinski definition) is 6. The SMILES string of the molecule is C=CCN(C(=O)N1CCCOCC1)c1cccc(Nc2nccc(-c3cccc(O)c3)n2)c1. The Morgan fingerprint density at radius 3 is 2.91 bits per heavy atom. The lowest BCUT2D eigenvalue weighted by Gasteiger charge is -2.29. The average molecular weight is 446 g/mol. The van der Waals surface area contributed by atoms with Gasteiger partial charge in [-0.25, -0.2) is 14.8 Å². The number of nitrogens with zero attached hydrogens (tertiary/aromatic N) is 4. The first-order valence-corrected chi connectivity index (χ1v) is 10.9. The van der Waals surface area contributed by atoms with Gasteiger partial charge in [0, 0.05) is 49.4 Å². The van der Waals surface area contributed by atoms with Crippen LogP contribution in [0, 0.1) is 0 Å². The summed E-state index contributed by atoms with van der Waals surface area (Å²) < 4.78 is 5.48. The quantitative estimate of drug-likeness (QED) is 0.546. The van der Waals surface area contributed by atoms with Crippen molar-refractivity contribution < 1.29 is 14.6 Å². The monoisotopic (exact) mass is 445 g/mol. The molecule has 0 unspecified atom stereocenters. The molecule has 4 rings (SSSR count). The first-order valence-electron chi connectivity index (χ1n) is 10.9. The van der Waals surface area contributed by atoms with Crippen LogP contribution in [0.15, 0.2) is 73.4 Å². The number of carbonyl (C=O) groups is 1. The van der Waals surface area contributed by atoms with Crippen LogP contribution in [0.2, 0.25) is 0 Å². The fourth-order valence-electron chi connectivity index (χ4n) is 3.66. The minimum absolute atomic E-state index is 0.0697. The third-order valence-electron chi connectivity index (χ3n) is 5.25. The van der Waals surface area contributed by atoms with Gasteiger partial charge in [0.15, 0.2) is 0 Å². The van der Waals surface area contributed by atoms with E-state index >= 15 is 0 Å². The number of benzene rings is 2. The number of hydrogen-bond donors (Lipinski definition) is 2. The van der Waals surface area contributed by atoms with E-state index in [0.717, 1.165) is 23.4 Å². The van der Waals surface area contributed by atoms with Crippen LogP contribution in [0.4, 0.5) is 22.1 Å². The Morgan fingerprint density at radius 1 is 1.18 bits per heavy atom. The van der Waals surface area contributed by atoms with E-state index in [1.165, 1.54) is 0 Å². The van der Waals surface area contributed by atoms with Gasteiger partial charge in [-0.3, -0.25) is 4.90 Å². The summed E-state index contributed by atoms with van der Waals surface area (Å²) in [6, 6.07) is 16.2. The van der Waals surface area contributed by atoms with Crippen LogP contribution in [0.1, 0.15) is 6.42 Å². The summed E-state index contributed by atoms with van der Waals surface area (Å²) in [5, 5.41) is 13.0. The second-order valence-corrected chi connectivity index (χ2v) is 7.63. The second-order valence-electron chi connectivity index (χ2n) is 7.63. The molecule has 1 saturated heterocycles. The number of nitrogens with one attached hydrogen (secondary N) is 1. The molecular weight excluding hydrogens is 418 g/mol. The van der Waals surface area contributed by atoms with Crippen LogP contribution in [0.3, 0.4) is 0 Å². The lowest BCUT2D eigenvalue weighted by molar-refractivity contribution is 0.143. The van der Waals surface area contributed by atoms with E-state index in [4.69, 9.17) is 4.74 Å². The van der Waals surface area contributed by atoms with E-state index < -0.39 is 0 Å². The molecule has 0 bridgehead atoms. The molecule has 0 atom stereocenters. The van der Waals surface area contributed by atoms with Gasteiger partial charge in [-0.1, -0.05) is 24.3 Å². The lowest BCUT2D eigenvalue weighted by Crippen LogP contribution is -2.44. The number of carbonyl (C=O) groups excluding carboxylic acids is 1. The van der Waals surface area contributed by atoms with E-state index in [0.29, 0.717) is 44.5 Å². The molecule has 8 nitrogen and oxygen atoms in total. The standard InChI is InChI=1S/C25H27N5O3/c1-2-12-30(25(32)29-13-5-15-33-16-14-29)21-8-4-7-20(18-21)27-24-26-11-10-23(28-24)19-6-3-9-22(31)17-19/h2-4,6-11,17-18,31H,1,5,12-16H2,(H,26,27,28). The van der Waals surface area contributed by atoms with Crippen LogP contribution in [-0.4, -0.2) is 58.9 Å². The number of urea groups is 1. The molecule has 0 aliphatic carbocycles. The third-order valence-corrected chi connectivity index (χ3v) is 5.25. The van der Waals surface area contributed by atoms with Crippen molar-refractivity contribution >= 4 is 23.4 Å². The number of ether oxygens (including phenoxy) is 1. The van der Waals surface area contributed by atoms with Crippen molar-refractivity contribution in [3.8, 4) is 17.0 Å². The summed E-state index contributed by atoms with van der Waals surface area (Å²) in [6.07, 6.45) is 4.20. The Morgan fingerprint density at radius 2 is 2.06 bits per heavy atom. The zero-order valence-corrected chi connectivity index (χ0v) is 18.4. The van der Waals surface area contributed by atoms with Crippen LogP contribution < -0.4 is 10.2 Å². The molecule has 1 aromatic heterocycles. The van der Waals surface area contributed by atoms with Gasteiger partial charge in [0.25, 0.3) is 0 Å². The van der Waals surface area contributed by atoms with Crippen molar-refractivity contribution in [1.29, 1.82) is 0 Å². The fraction of sp³-hybridized carbons (Fsp3) is 0.240. The van der Waals surface area contributed by atoms with Crippen molar-refractivity contribution in [2.45, 2.75) is 6.42 Å². The summed E-state index contributed by atoms with van der Waals surface area (Å²) in [6.45, 7) is 6.66. The molecule has 1 aliphatic rings. The van der Waals surface area contributed by atoms with Crippen molar-refractivity contribution in [2.24, 2.45) is 0 Å². The maximum Gasteiger partial charge on any atom is 0.324 e. The van der Waals surface area contributed by atoms with Crippen molar-refractivity contribution in [1.82, 2.24) is 14.9 Å². The third kappa shape index (κ3) is 5.67. The van der Waals surface area contributed by atoms with Crippen LogP contribution in [0.25, 0.3) is 11.3 Å². The first kappa shape index (κ1) is 22.3. The molecule has 170 valence electrons. The summed E-state index contributed by atoms with van der Waals surface area (Å²) in [5.74, 6) is 0.593. The van der Waals surface area contributed by atoms with Gasteiger partial charge in [-0.05, 0) is 42.8 Å². The van der Waals surface area contributed by atoms with Gasteiger partial charge in [-0.15, -0.1) is 6.58 Å². The Balaban J connectivity index is 1.55. The number of anilines is 3. The molecule has 33 heavy (non-hydrogen) atoms. The largest absolute Gasteiger partial charge is 0.508 e. The molecular formula is C25H27N5O3. The minimum atomic E-state index is -0.0697. The van der Waals surface area contributed by atoms with E-state index in [9.17, 15) is 9.90 Å². The predicted molar refractivity (Wildman–Crippen MR) is 129 cm³/mol. The highest BCUT2D eigenvalue weighted by molar-refractivity contribution is 5.93. The number of phenolic OH excluding ortho intramolecular Hbond substituents is 1. The number of aromatic nitrogens is 2. The maximum absolute atomic E-state index is 13.2. The molecule has 2 aromatic carbocycles. The van der Waals surface area contributed by atoms with Crippen molar-refractivity contribution in [3.05, 3.63) is 73.4 Å². The number of rotatable bonds is 6. The summed E-state index contributed by atoms with van der Waals surface area (Å²) in [7, 11) is 0. The fourth-order valence-corrected chi connectivity index (χ4v) is 3.66. The number of amides is 2. The Bertz CT molecular complexity index is 1110. The Labute approximate surface area is 193 Å². The Hall–Kier alpha value is -3.91. The molecule has 2 N–H and O–H groups in total. The summed E-state index contributed by atoms with van der Waals surface area (Å²) in [5.41, 5.74) is 2.98. The normalized spacial score (nSPS) is 13.8. The molecule has 2 heterocycles. The van der Waals surface area contributed by atoms with Crippen LogP contribution in [-0.2, 0) is 4.74 Å². The molecule has 1 aliphatic heterocycles. The van der Waals surface area contributed by atoms with Crippen molar-refractivity contribution in [2.75, 3.05) is 43.1 Å². The zero-order chi connectivity index (χ0) is 23.0. The summed E-state index contributed by atoms with van der Waals surface area (Å²) in [4.78, 5) is 25.6. The second kappa shape index (κ2) is 10.6. The predicted octanol–water partition coefficient (Wildman–Crippen LogP) is 4.43. The van der Waals surface area contributed by atoms with Crippen LogP contribution in [0.5, 0.6) is 5.75 Å². The molecule has 0 saturated carbocycles. The number of aromatic hydroxyl groups is 1. The first-order chi connectivity index (χ1) is 16.1. The van der Waals surface area contributed by atoms with E-state index in [1.54, 1.807) is 41.4 Å². The zero-order valence-electron chi connectivity index (χ0n) is 18.4.